The minimum Gasteiger partial charge on any atom is -0.492 e. The molecule has 1 aromatic heterocycles. The Labute approximate surface area is 230 Å². The van der Waals surface area contributed by atoms with E-state index in [0.29, 0.717) is 17.9 Å². The summed E-state index contributed by atoms with van der Waals surface area (Å²) in [4.78, 5) is 35.5. The number of aromatic nitrogens is 2. The van der Waals surface area contributed by atoms with Crippen molar-refractivity contribution in [3.8, 4) is 5.75 Å². The molecule has 40 heavy (non-hydrogen) atoms. The molecule has 3 unspecified atom stereocenters. The summed E-state index contributed by atoms with van der Waals surface area (Å²) in [6, 6.07) is 5.04. The molecule has 14 heteroatoms. The van der Waals surface area contributed by atoms with Crippen molar-refractivity contribution in [3.05, 3.63) is 53.6 Å². The van der Waals surface area contributed by atoms with Crippen LogP contribution in [0.15, 0.2) is 36.8 Å². The Bertz CT molecular complexity index is 1380. The van der Waals surface area contributed by atoms with Crippen LogP contribution in [0.1, 0.15) is 46.7 Å². The van der Waals surface area contributed by atoms with E-state index in [0.717, 1.165) is 12.0 Å². The lowest BCUT2D eigenvalue weighted by molar-refractivity contribution is 0.00611. The molecule has 1 spiro atoms. The molecule has 6 rings (SSSR count). The highest BCUT2D eigenvalue weighted by molar-refractivity contribution is 5.98. The summed E-state index contributed by atoms with van der Waals surface area (Å²) in [5.41, 5.74) is 0.113. The van der Waals surface area contributed by atoms with Gasteiger partial charge in [0.15, 0.2) is 17.6 Å². The fraction of sp³-hybridized carbons (Fsp3) is 0.462. The number of hydrogen-bond donors (Lipinski definition) is 8. The van der Waals surface area contributed by atoms with E-state index >= 15 is 0 Å². The van der Waals surface area contributed by atoms with Crippen LogP contribution in [0.3, 0.4) is 0 Å². The van der Waals surface area contributed by atoms with Crippen LogP contribution >= 0.6 is 0 Å². The van der Waals surface area contributed by atoms with E-state index in [2.05, 4.69) is 50.4 Å². The van der Waals surface area contributed by atoms with Gasteiger partial charge in [0.2, 0.25) is 0 Å². The van der Waals surface area contributed by atoms with Crippen molar-refractivity contribution in [1.82, 2.24) is 41.5 Å². The number of nitrogens with one attached hydrogen (secondary N) is 7. The first-order valence-electron chi connectivity index (χ1n) is 13.2. The first-order valence-corrected chi connectivity index (χ1v) is 13.2. The first kappa shape index (κ1) is 25.8. The van der Waals surface area contributed by atoms with Gasteiger partial charge in [0.05, 0.1) is 30.3 Å². The van der Waals surface area contributed by atoms with E-state index in [4.69, 9.17) is 15.6 Å². The summed E-state index contributed by atoms with van der Waals surface area (Å²) >= 11 is 0. The SMILES string of the molecule is CC1(C)CCOc2c(C(=O)NC3CN4C(=N)N[C@@H](CNC(=O)c5ccncn5)C5NC(=N)NC54[C@@H]3O)cccc21. The molecular formula is C26H32N10O4. The normalized spacial score (nSPS) is 29.5. The average Bonchev–Trinajstić information content (AvgIpc) is 3.43. The zero-order valence-electron chi connectivity index (χ0n) is 22.1. The summed E-state index contributed by atoms with van der Waals surface area (Å²) in [5, 5.41) is 43.6. The van der Waals surface area contributed by atoms with Gasteiger partial charge < -0.3 is 41.3 Å². The van der Waals surface area contributed by atoms with E-state index in [-0.39, 0.29) is 42.0 Å². The summed E-state index contributed by atoms with van der Waals surface area (Å²) in [6.07, 6.45) is 2.39. The lowest BCUT2D eigenvalue weighted by Gasteiger charge is -2.49. The number of guanidine groups is 2. The number of ether oxygens (including phenoxy) is 1. The van der Waals surface area contributed by atoms with E-state index in [1.807, 2.05) is 12.1 Å². The van der Waals surface area contributed by atoms with Crippen LogP contribution in [-0.4, -0.2) is 93.3 Å². The maximum absolute atomic E-state index is 13.5. The standard InChI is InChI=1S/C26H32N10O4/c1-25(2)7-9-40-18-13(4-3-5-14(18)25)21(38)32-17-11-36-24(28)33-16(10-30-22(39)15-6-8-29-12-31-15)19-26(36,20(17)37)35-23(27)34-19/h3-6,8,12,16-17,19-20,37H,7,9-11H2,1-2H3,(H2,28,33)(H,30,39)(H,32,38)(H3,27,34,35)/t16-,17?,19?,20+,26?/m0/s1. The maximum Gasteiger partial charge on any atom is 0.270 e. The number of carbonyl (C=O) groups is 2. The minimum atomic E-state index is -1.30. The molecule has 0 saturated carbocycles. The van der Waals surface area contributed by atoms with E-state index in [9.17, 15) is 14.7 Å². The first-order chi connectivity index (χ1) is 19.1. The van der Waals surface area contributed by atoms with Crippen LogP contribution in [0, 0.1) is 10.8 Å². The van der Waals surface area contributed by atoms with Crippen LogP contribution in [0.2, 0.25) is 0 Å². The lowest BCUT2D eigenvalue weighted by Crippen LogP contribution is -2.78. The van der Waals surface area contributed by atoms with Crippen molar-refractivity contribution < 1.29 is 19.4 Å². The highest BCUT2D eigenvalue weighted by atomic mass is 16.5. The van der Waals surface area contributed by atoms with E-state index in [1.165, 1.54) is 18.6 Å². The molecule has 1 aromatic carbocycles. The molecule has 5 atom stereocenters. The Balaban J connectivity index is 1.23. The van der Waals surface area contributed by atoms with Gasteiger partial charge in [0.25, 0.3) is 11.8 Å². The van der Waals surface area contributed by atoms with Crippen LogP contribution < -0.4 is 31.3 Å². The molecule has 2 amide bonds. The van der Waals surface area contributed by atoms with E-state index < -0.39 is 35.8 Å². The second-order valence-corrected chi connectivity index (χ2v) is 11.2. The van der Waals surface area contributed by atoms with E-state index in [1.54, 1.807) is 11.0 Å². The quantitative estimate of drug-likeness (QED) is 0.225. The zero-order chi connectivity index (χ0) is 28.2. The number of fused-ring (bicyclic) bond motifs is 1. The second kappa shape index (κ2) is 9.33. The predicted octanol–water partition coefficient (Wildman–Crippen LogP) is -1.16. The van der Waals surface area contributed by atoms with Gasteiger partial charge in [0.1, 0.15) is 23.9 Å². The molecule has 0 radical (unpaired) electrons. The molecule has 8 N–H and O–H groups in total. The Morgan fingerprint density at radius 2 is 2.05 bits per heavy atom. The van der Waals surface area contributed by atoms with Crippen LogP contribution in [0.25, 0.3) is 0 Å². The third-order valence-corrected chi connectivity index (χ3v) is 8.33. The van der Waals surface area contributed by atoms with Crippen molar-refractivity contribution in [2.45, 2.75) is 55.6 Å². The third-order valence-electron chi connectivity index (χ3n) is 8.33. The maximum atomic E-state index is 13.5. The zero-order valence-corrected chi connectivity index (χ0v) is 22.1. The number of rotatable bonds is 5. The molecule has 3 saturated heterocycles. The van der Waals surface area contributed by atoms with Crippen LogP contribution in [0.5, 0.6) is 5.75 Å². The Morgan fingerprint density at radius 1 is 1.23 bits per heavy atom. The molecule has 4 aliphatic heterocycles. The lowest BCUT2D eigenvalue weighted by atomic mass is 9.79. The Morgan fingerprint density at radius 3 is 2.83 bits per heavy atom. The Kier molecular flexibility index (Phi) is 6.02. The summed E-state index contributed by atoms with van der Waals surface area (Å²) in [7, 11) is 0. The third kappa shape index (κ3) is 3.97. The van der Waals surface area contributed by atoms with Crippen LogP contribution in [-0.2, 0) is 5.41 Å². The molecule has 210 valence electrons. The monoisotopic (exact) mass is 548 g/mol. The highest BCUT2D eigenvalue weighted by Crippen LogP contribution is 2.41. The van der Waals surface area contributed by atoms with Gasteiger partial charge in [-0.15, -0.1) is 0 Å². The molecule has 14 nitrogen and oxygen atoms in total. The molecule has 4 aliphatic rings. The number of para-hydroxylation sites is 1. The summed E-state index contributed by atoms with van der Waals surface area (Å²) < 4.78 is 5.92. The van der Waals surface area contributed by atoms with Gasteiger partial charge >= 0.3 is 0 Å². The molecule has 5 heterocycles. The molecule has 0 bridgehead atoms. The van der Waals surface area contributed by atoms with Crippen LogP contribution in [0.4, 0.5) is 0 Å². The van der Waals surface area contributed by atoms with Crippen molar-refractivity contribution in [2.75, 3.05) is 19.7 Å². The number of benzene rings is 1. The fourth-order valence-electron chi connectivity index (χ4n) is 6.21. The molecule has 0 aliphatic carbocycles. The smallest absolute Gasteiger partial charge is 0.270 e. The van der Waals surface area contributed by atoms with Crippen molar-refractivity contribution in [3.63, 3.8) is 0 Å². The van der Waals surface area contributed by atoms with Crippen molar-refractivity contribution >= 4 is 23.7 Å². The van der Waals surface area contributed by atoms with Gasteiger partial charge in [-0.1, -0.05) is 26.0 Å². The molecular weight excluding hydrogens is 516 g/mol. The molecule has 2 aromatic rings. The number of nitrogens with zero attached hydrogens (tertiary/aromatic N) is 3. The predicted molar refractivity (Wildman–Crippen MR) is 143 cm³/mol. The van der Waals surface area contributed by atoms with Gasteiger partial charge in [-0.3, -0.25) is 20.4 Å². The topological polar surface area (TPSA) is 200 Å². The number of carbonyl (C=O) groups excluding carboxylic acids is 2. The van der Waals surface area contributed by atoms with Gasteiger partial charge in [0, 0.05) is 24.8 Å². The Hall–Kier alpha value is -4.46. The molecule has 3 fully saturated rings. The van der Waals surface area contributed by atoms with Gasteiger partial charge in [-0.25, -0.2) is 9.97 Å². The number of amides is 2. The van der Waals surface area contributed by atoms with Gasteiger partial charge in [-0.2, -0.15) is 0 Å². The average molecular weight is 549 g/mol. The van der Waals surface area contributed by atoms with Crippen molar-refractivity contribution in [1.29, 1.82) is 10.8 Å². The highest BCUT2D eigenvalue weighted by Gasteiger charge is 2.66. The fourth-order valence-corrected chi connectivity index (χ4v) is 6.21. The van der Waals surface area contributed by atoms with Gasteiger partial charge in [-0.05, 0) is 24.0 Å². The second-order valence-electron chi connectivity index (χ2n) is 11.2. The number of aliphatic hydroxyl groups excluding tert-OH is 1. The number of aliphatic hydroxyl groups is 1. The largest absolute Gasteiger partial charge is 0.492 e. The van der Waals surface area contributed by atoms with Crippen molar-refractivity contribution in [2.24, 2.45) is 0 Å². The number of hydrogen-bond acceptors (Lipinski definition) is 8. The summed E-state index contributed by atoms with van der Waals surface area (Å²) in [6.45, 7) is 4.95. The minimum absolute atomic E-state index is 0.000456. The summed E-state index contributed by atoms with van der Waals surface area (Å²) in [5.74, 6) is -0.284.